The van der Waals surface area contributed by atoms with Gasteiger partial charge in [0.1, 0.15) is 12.2 Å². The molecule has 0 bridgehead atoms. The van der Waals surface area contributed by atoms with Crippen molar-refractivity contribution in [3.05, 3.63) is 111 Å². The SMILES string of the molecule is Cc1cc(Cl)cc(C(=O)C[C@H](C)c2ccccc2)c1NC(=O)c1cc(Cn2nnc(C(F)(F)F)n2)nn1-c1ncccc1Cl. The number of ketones is 1. The van der Waals surface area contributed by atoms with Crippen molar-refractivity contribution in [3.8, 4) is 5.82 Å². The van der Waals surface area contributed by atoms with Gasteiger partial charge in [-0.3, -0.25) is 9.59 Å². The number of nitrogens with one attached hydrogen (secondary N) is 1. The number of carbonyl (C=O) groups excluding carboxylic acids is 2. The first-order valence-corrected chi connectivity index (χ1v) is 13.9. The lowest BCUT2D eigenvalue weighted by Gasteiger charge is -2.17. The Morgan fingerprint density at radius 1 is 1.02 bits per heavy atom. The molecule has 2 aromatic carbocycles. The molecule has 0 unspecified atom stereocenters. The summed E-state index contributed by atoms with van der Waals surface area (Å²) in [5, 5.41) is 17.4. The number of anilines is 1. The molecule has 1 N–H and O–H groups in total. The van der Waals surface area contributed by atoms with Crippen molar-refractivity contribution < 1.29 is 22.8 Å². The van der Waals surface area contributed by atoms with Crippen LogP contribution in [-0.4, -0.2) is 46.7 Å². The fraction of sp³-hybridized carbons (Fsp3) is 0.207. The number of hydrogen-bond acceptors (Lipinski definition) is 7. The van der Waals surface area contributed by atoms with E-state index < -0.39 is 17.9 Å². The van der Waals surface area contributed by atoms with E-state index in [1.807, 2.05) is 37.3 Å². The first-order valence-electron chi connectivity index (χ1n) is 13.1. The number of pyridine rings is 1. The third-order valence-corrected chi connectivity index (χ3v) is 7.15. The van der Waals surface area contributed by atoms with Gasteiger partial charge < -0.3 is 5.32 Å². The average Bonchev–Trinajstić information content (AvgIpc) is 3.63. The molecule has 0 spiro atoms. The van der Waals surface area contributed by atoms with Gasteiger partial charge in [0.25, 0.3) is 11.7 Å². The lowest BCUT2D eigenvalue weighted by molar-refractivity contribution is -0.145. The Kier molecular flexibility index (Phi) is 8.79. The molecule has 10 nitrogen and oxygen atoms in total. The van der Waals surface area contributed by atoms with Crippen LogP contribution in [0.2, 0.25) is 10.0 Å². The third-order valence-electron chi connectivity index (χ3n) is 6.64. The number of tetrazole rings is 1. The maximum absolute atomic E-state index is 13.8. The van der Waals surface area contributed by atoms with Gasteiger partial charge in [0.2, 0.25) is 0 Å². The summed E-state index contributed by atoms with van der Waals surface area (Å²) in [6.07, 6.45) is -3.19. The predicted octanol–water partition coefficient (Wildman–Crippen LogP) is 6.56. The van der Waals surface area contributed by atoms with Gasteiger partial charge in [-0.05, 0) is 59.5 Å². The Morgan fingerprint density at radius 3 is 2.45 bits per heavy atom. The molecule has 0 saturated carbocycles. The molecule has 5 rings (SSSR count). The Labute approximate surface area is 258 Å². The molecule has 44 heavy (non-hydrogen) atoms. The van der Waals surface area contributed by atoms with Crippen molar-refractivity contribution in [1.29, 1.82) is 0 Å². The third kappa shape index (κ3) is 6.79. The number of amides is 1. The molecule has 0 aliphatic rings. The van der Waals surface area contributed by atoms with E-state index in [0.717, 1.165) is 10.2 Å². The van der Waals surface area contributed by atoms with Gasteiger partial charge >= 0.3 is 6.18 Å². The van der Waals surface area contributed by atoms with E-state index >= 15 is 0 Å². The van der Waals surface area contributed by atoms with Crippen molar-refractivity contribution in [3.63, 3.8) is 0 Å². The monoisotopic (exact) mass is 642 g/mol. The molecule has 3 aromatic heterocycles. The van der Waals surface area contributed by atoms with Crippen LogP contribution in [0.25, 0.3) is 5.82 Å². The fourth-order valence-electron chi connectivity index (χ4n) is 4.53. The zero-order valence-corrected chi connectivity index (χ0v) is 24.7. The Balaban J connectivity index is 1.48. The largest absolute Gasteiger partial charge is 0.455 e. The molecular weight excluding hydrogens is 620 g/mol. The number of carbonyl (C=O) groups is 2. The summed E-state index contributed by atoms with van der Waals surface area (Å²) in [6, 6.07) is 17.1. The second kappa shape index (κ2) is 12.5. The van der Waals surface area contributed by atoms with Crippen molar-refractivity contribution in [2.75, 3.05) is 5.32 Å². The van der Waals surface area contributed by atoms with Crippen LogP contribution in [0.4, 0.5) is 18.9 Å². The molecule has 15 heteroatoms. The predicted molar refractivity (Wildman–Crippen MR) is 156 cm³/mol. The number of aryl methyl sites for hydroxylation is 1. The van der Waals surface area contributed by atoms with E-state index in [2.05, 4.69) is 30.8 Å². The van der Waals surface area contributed by atoms with Gasteiger partial charge in [0.15, 0.2) is 11.6 Å². The fourth-order valence-corrected chi connectivity index (χ4v) is 5.00. The number of nitrogens with zero attached hydrogens (tertiary/aromatic N) is 7. The topological polar surface area (TPSA) is 120 Å². The van der Waals surface area contributed by atoms with Gasteiger partial charge in [-0.2, -0.15) is 23.1 Å². The van der Waals surface area contributed by atoms with E-state index in [4.69, 9.17) is 23.2 Å². The second-order valence-corrected chi connectivity index (χ2v) is 10.8. The first kappa shape index (κ1) is 30.8. The molecule has 3 heterocycles. The zero-order valence-electron chi connectivity index (χ0n) is 23.2. The number of aromatic nitrogens is 7. The van der Waals surface area contributed by atoms with Crippen LogP contribution < -0.4 is 5.32 Å². The Bertz CT molecular complexity index is 1840. The summed E-state index contributed by atoms with van der Waals surface area (Å²) in [5.74, 6) is -2.36. The molecule has 5 aromatic rings. The number of rotatable bonds is 9. The summed E-state index contributed by atoms with van der Waals surface area (Å²) < 4.78 is 40.1. The van der Waals surface area contributed by atoms with Crippen molar-refractivity contribution in [2.45, 2.75) is 38.9 Å². The summed E-state index contributed by atoms with van der Waals surface area (Å²) >= 11 is 12.7. The van der Waals surface area contributed by atoms with E-state index in [1.54, 1.807) is 19.1 Å². The highest BCUT2D eigenvalue weighted by molar-refractivity contribution is 6.32. The minimum Gasteiger partial charge on any atom is -0.320 e. The molecule has 0 radical (unpaired) electrons. The average molecular weight is 643 g/mol. The summed E-state index contributed by atoms with van der Waals surface area (Å²) in [5.41, 5.74) is 2.04. The molecule has 0 saturated heterocycles. The molecule has 1 atom stereocenters. The lowest BCUT2D eigenvalue weighted by Crippen LogP contribution is -2.20. The molecule has 0 fully saturated rings. The number of benzene rings is 2. The molecule has 0 aliphatic carbocycles. The maximum Gasteiger partial charge on any atom is 0.455 e. The van der Waals surface area contributed by atoms with Crippen molar-refractivity contribution in [1.82, 2.24) is 35.0 Å². The van der Waals surface area contributed by atoms with Crippen molar-refractivity contribution >= 4 is 40.6 Å². The van der Waals surface area contributed by atoms with Gasteiger partial charge in [0.05, 0.1) is 16.4 Å². The van der Waals surface area contributed by atoms with Crippen LogP contribution in [-0.2, 0) is 12.7 Å². The highest BCUT2D eigenvalue weighted by atomic mass is 35.5. The molecular formula is C29H23Cl2F3N8O2. The van der Waals surface area contributed by atoms with Crippen LogP contribution in [0.3, 0.4) is 0 Å². The lowest BCUT2D eigenvalue weighted by atomic mass is 9.92. The Morgan fingerprint density at radius 2 is 1.77 bits per heavy atom. The standard InChI is InChI=1S/C29H23Cl2F3N8O2/c1-16(18-7-4-3-5-8-18)12-24(43)21-13-19(30)11-17(2)25(21)36-27(44)23-14-20(15-41-39-28(37-40-41)29(32,33)34)38-42(23)26-22(31)9-6-10-35-26/h3-11,13-14,16H,12,15H2,1-2H3,(H,36,44)/t16-/m0/s1. The normalized spacial score (nSPS) is 12.2. The summed E-state index contributed by atoms with van der Waals surface area (Å²) in [7, 11) is 0. The number of hydrogen-bond donors (Lipinski definition) is 1. The van der Waals surface area contributed by atoms with Crippen LogP contribution >= 0.6 is 23.2 Å². The van der Waals surface area contributed by atoms with E-state index in [0.29, 0.717) is 15.4 Å². The van der Waals surface area contributed by atoms with E-state index in [-0.39, 0.29) is 58.1 Å². The molecule has 0 aliphatic heterocycles. The second-order valence-electron chi connectivity index (χ2n) is 9.92. The van der Waals surface area contributed by atoms with E-state index in [9.17, 15) is 22.8 Å². The van der Waals surface area contributed by atoms with Gasteiger partial charge in [-0.1, -0.05) is 60.5 Å². The van der Waals surface area contributed by atoms with Crippen LogP contribution in [0.15, 0.2) is 66.9 Å². The van der Waals surface area contributed by atoms with Crippen LogP contribution in [0.1, 0.15) is 62.8 Å². The number of Topliss-reactive ketones (excluding diaryl/α,β-unsaturated/α-hetero) is 1. The van der Waals surface area contributed by atoms with Crippen LogP contribution in [0.5, 0.6) is 0 Å². The first-order chi connectivity index (χ1) is 20.9. The van der Waals surface area contributed by atoms with E-state index in [1.165, 1.54) is 24.4 Å². The summed E-state index contributed by atoms with van der Waals surface area (Å²) in [4.78, 5) is 32.2. The quantitative estimate of drug-likeness (QED) is 0.181. The highest BCUT2D eigenvalue weighted by Gasteiger charge is 2.37. The van der Waals surface area contributed by atoms with Crippen molar-refractivity contribution in [2.24, 2.45) is 0 Å². The van der Waals surface area contributed by atoms with Crippen LogP contribution in [0, 0.1) is 6.92 Å². The minimum atomic E-state index is -4.78. The maximum atomic E-state index is 13.8. The smallest absolute Gasteiger partial charge is 0.320 e. The number of alkyl halides is 3. The highest BCUT2D eigenvalue weighted by Crippen LogP contribution is 2.31. The number of halogens is 5. The van der Waals surface area contributed by atoms with Gasteiger partial charge in [-0.25, -0.2) is 9.67 Å². The Hall–Kier alpha value is -4.62. The van der Waals surface area contributed by atoms with Gasteiger partial charge in [0, 0.05) is 23.2 Å². The molecule has 226 valence electrons. The zero-order chi connectivity index (χ0) is 31.6. The van der Waals surface area contributed by atoms with Gasteiger partial charge in [-0.15, -0.1) is 10.2 Å². The molecule has 1 amide bonds. The summed E-state index contributed by atoms with van der Waals surface area (Å²) in [6.45, 7) is 3.29. The minimum absolute atomic E-state index is 0.0674.